The summed E-state index contributed by atoms with van der Waals surface area (Å²) in [7, 11) is 0. The average Bonchev–Trinajstić information content (AvgIpc) is 2.78. The Morgan fingerprint density at radius 1 is 1.45 bits per heavy atom. The second kappa shape index (κ2) is 5.56. The van der Waals surface area contributed by atoms with Crippen molar-refractivity contribution in [3.63, 3.8) is 0 Å². The number of carboxylic acids is 1. The van der Waals surface area contributed by atoms with Gasteiger partial charge in [0.25, 0.3) is 0 Å². The van der Waals surface area contributed by atoms with Crippen molar-refractivity contribution >= 4 is 45.5 Å². The number of ketones is 1. The molecule has 8 heteroatoms. The van der Waals surface area contributed by atoms with E-state index in [2.05, 4.69) is 10.3 Å². The smallest absolute Gasteiger partial charge is 0.356 e. The number of rotatable bonds is 4. The number of hydrogen-bond acceptors (Lipinski definition) is 5. The van der Waals surface area contributed by atoms with Gasteiger partial charge in [-0.05, 0) is 18.2 Å². The lowest BCUT2D eigenvalue weighted by molar-refractivity contribution is 0.0687. The van der Waals surface area contributed by atoms with Crippen LogP contribution >= 0.6 is 22.9 Å². The van der Waals surface area contributed by atoms with Crippen molar-refractivity contribution in [1.82, 2.24) is 4.98 Å². The molecule has 0 bridgehead atoms. The molecule has 0 spiro atoms. The molecule has 0 aliphatic rings. The van der Waals surface area contributed by atoms with Crippen LogP contribution in [0.4, 0.5) is 15.2 Å². The van der Waals surface area contributed by atoms with E-state index in [1.54, 1.807) is 0 Å². The minimum atomic E-state index is -1.28. The molecule has 0 radical (unpaired) electrons. The van der Waals surface area contributed by atoms with Crippen LogP contribution in [0.15, 0.2) is 18.2 Å². The summed E-state index contributed by atoms with van der Waals surface area (Å²) in [5.41, 5.74) is 0.135. The molecule has 1 aromatic carbocycles. The Kier molecular flexibility index (Phi) is 4.01. The zero-order chi connectivity index (χ0) is 14.9. The first-order valence-electron chi connectivity index (χ1n) is 5.35. The number of thiazole rings is 1. The summed E-state index contributed by atoms with van der Waals surface area (Å²) in [5.74, 6) is -2.23. The van der Waals surface area contributed by atoms with Gasteiger partial charge in [0.2, 0.25) is 0 Å². The highest BCUT2D eigenvalue weighted by molar-refractivity contribution is 7.17. The second-order valence-corrected chi connectivity index (χ2v) is 5.22. The van der Waals surface area contributed by atoms with Gasteiger partial charge in [-0.15, -0.1) is 0 Å². The summed E-state index contributed by atoms with van der Waals surface area (Å²) in [5, 5.41) is 11.9. The lowest BCUT2D eigenvalue weighted by Crippen LogP contribution is -2.03. The standard InChI is InChI=1S/C12H8ClFN2O3S/c1-5(17)10-9(11(18)19)16-12(20-10)15-6-2-3-8(14)7(13)4-6/h2-4H,1H3,(H,15,16)(H,18,19). The summed E-state index contributed by atoms with van der Waals surface area (Å²) in [4.78, 5) is 26.2. The quantitative estimate of drug-likeness (QED) is 0.843. The van der Waals surface area contributed by atoms with Crippen LogP contribution in [0.2, 0.25) is 5.02 Å². The maximum absolute atomic E-state index is 13.0. The molecule has 104 valence electrons. The number of halogens is 2. The molecule has 20 heavy (non-hydrogen) atoms. The van der Waals surface area contributed by atoms with Gasteiger partial charge in [0, 0.05) is 12.6 Å². The fourth-order valence-electron chi connectivity index (χ4n) is 1.45. The van der Waals surface area contributed by atoms with E-state index >= 15 is 0 Å². The summed E-state index contributed by atoms with van der Waals surface area (Å²) < 4.78 is 13.0. The second-order valence-electron chi connectivity index (χ2n) is 3.81. The molecule has 0 aliphatic heterocycles. The first kappa shape index (κ1) is 14.4. The van der Waals surface area contributed by atoms with E-state index in [1.807, 2.05) is 0 Å². The summed E-state index contributed by atoms with van der Waals surface area (Å²) in [6, 6.07) is 3.94. The van der Waals surface area contributed by atoms with E-state index in [1.165, 1.54) is 25.1 Å². The van der Waals surface area contributed by atoms with Gasteiger partial charge in [-0.2, -0.15) is 0 Å². The molecule has 1 heterocycles. The van der Waals surface area contributed by atoms with Crippen LogP contribution in [0.5, 0.6) is 0 Å². The van der Waals surface area contributed by atoms with Crippen molar-refractivity contribution in [3.05, 3.63) is 39.6 Å². The third-order valence-electron chi connectivity index (χ3n) is 2.32. The van der Waals surface area contributed by atoms with Gasteiger partial charge in [-0.25, -0.2) is 14.2 Å². The highest BCUT2D eigenvalue weighted by Gasteiger charge is 2.20. The lowest BCUT2D eigenvalue weighted by atomic mass is 10.3. The van der Waals surface area contributed by atoms with Crippen molar-refractivity contribution in [1.29, 1.82) is 0 Å². The number of Topliss-reactive ketones (excluding diaryl/α,β-unsaturated/α-hetero) is 1. The monoisotopic (exact) mass is 314 g/mol. The van der Waals surface area contributed by atoms with E-state index in [-0.39, 0.29) is 26.5 Å². The van der Waals surface area contributed by atoms with E-state index in [4.69, 9.17) is 16.7 Å². The molecule has 0 saturated heterocycles. The van der Waals surface area contributed by atoms with Crippen LogP contribution in [0, 0.1) is 5.82 Å². The van der Waals surface area contributed by atoms with Crippen LogP contribution in [0.1, 0.15) is 27.1 Å². The normalized spacial score (nSPS) is 10.3. The van der Waals surface area contributed by atoms with Crippen molar-refractivity contribution in [3.8, 4) is 0 Å². The van der Waals surface area contributed by atoms with Gasteiger partial charge >= 0.3 is 5.97 Å². The number of anilines is 2. The van der Waals surface area contributed by atoms with E-state index in [0.29, 0.717) is 5.69 Å². The van der Waals surface area contributed by atoms with Crippen LogP contribution in [0.3, 0.4) is 0 Å². The van der Waals surface area contributed by atoms with Crippen LogP contribution in [-0.2, 0) is 0 Å². The van der Waals surface area contributed by atoms with Crippen molar-refractivity contribution in [2.75, 3.05) is 5.32 Å². The summed E-state index contributed by atoms with van der Waals surface area (Å²) in [6.07, 6.45) is 0. The molecule has 0 unspecified atom stereocenters. The Hall–Kier alpha value is -1.99. The van der Waals surface area contributed by atoms with Crippen molar-refractivity contribution in [2.24, 2.45) is 0 Å². The fraction of sp³-hybridized carbons (Fsp3) is 0.0833. The van der Waals surface area contributed by atoms with Gasteiger partial charge in [0.15, 0.2) is 16.6 Å². The Morgan fingerprint density at radius 2 is 2.15 bits per heavy atom. The van der Waals surface area contributed by atoms with E-state index < -0.39 is 11.8 Å². The lowest BCUT2D eigenvalue weighted by Gasteiger charge is -2.02. The minimum absolute atomic E-state index is 0.0493. The number of aromatic nitrogens is 1. The zero-order valence-electron chi connectivity index (χ0n) is 10.1. The maximum atomic E-state index is 13.0. The number of nitrogens with one attached hydrogen (secondary N) is 1. The molecule has 0 atom stereocenters. The molecule has 0 fully saturated rings. The number of carbonyl (C=O) groups excluding carboxylic acids is 1. The Balaban J connectivity index is 2.34. The topological polar surface area (TPSA) is 79.3 Å². The molecule has 0 amide bonds. The minimum Gasteiger partial charge on any atom is -0.476 e. The molecule has 0 aliphatic carbocycles. The van der Waals surface area contributed by atoms with Gasteiger partial charge in [-0.1, -0.05) is 22.9 Å². The first-order valence-corrected chi connectivity index (χ1v) is 6.55. The fourth-order valence-corrected chi connectivity index (χ4v) is 2.51. The van der Waals surface area contributed by atoms with Gasteiger partial charge in [-0.3, -0.25) is 4.79 Å². The number of carboxylic acid groups (broad SMARTS) is 1. The zero-order valence-corrected chi connectivity index (χ0v) is 11.7. The van der Waals surface area contributed by atoms with Crippen molar-refractivity contribution < 1.29 is 19.1 Å². The van der Waals surface area contributed by atoms with Crippen molar-refractivity contribution in [2.45, 2.75) is 6.92 Å². The molecule has 0 saturated carbocycles. The van der Waals surface area contributed by atoms with Crippen LogP contribution in [0.25, 0.3) is 0 Å². The first-order chi connectivity index (χ1) is 9.38. The van der Waals surface area contributed by atoms with E-state index in [0.717, 1.165) is 11.3 Å². The number of aromatic carboxylic acids is 1. The molecule has 5 nitrogen and oxygen atoms in total. The molecule has 1 aromatic heterocycles. The third-order valence-corrected chi connectivity index (χ3v) is 3.68. The SMILES string of the molecule is CC(=O)c1sc(Nc2ccc(F)c(Cl)c2)nc1C(=O)O. The summed E-state index contributed by atoms with van der Waals surface area (Å²) in [6.45, 7) is 1.26. The number of benzene rings is 1. The Bertz CT molecular complexity index is 671. The van der Waals surface area contributed by atoms with E-state index in [9.17, 15) is 14.0 Å². The Morgan fingerprint density at radius 3 is 2.65 bits per heavy atom. The maximum Gasteiger partial charge on any atom is 0.356 e. The number of nitrogens with zero attached hydrogens (tertiary/aromatic N) is 1. The van der Waals surface area contributed by atoms with Gasteiger partial charge in [0.1, 0.15) is 10.7 Å². The highest BCUT2D eigenvalue weighted by atomic mass is 35.5. The van der Waals surface area contributed by atoms with Crippen LogP contribution < -0.4 is 5.32 Å². The summed E-state index contributed by atoms with van der Waals surface area (Å²) >= 11 is 6.55. The number of hydrogen-bond donors (Lipinski definition) is 2. The molecule has 2 N–H and O–H groups in total. The van der Waals surface area contributed by atoms with Gasteiger partial charge in [0.05, 0.1) is 5.02 Å². The predicted molar refractivity (Wildman–Crippen MR) is 73.8 cm³/mol. The third kappa shape index (κ3) is 2.94. The highest BCUT2D eigenvalue weighted by Crippen LogP contribution is 2.28. The largest absolute Gasteiger partial charge is 0.476 e. The number of carbonyl (C=O) groups is 2. The molecular weight excluding hydrogens is 307 g/mol. The molecule has 2 aromatic rings. The van der Waals surface area contributed by atoms with Crippen LogP contribution in [-0.4, -0.2) is 21.8 Å². The predicted octanol–water partition coefficient (Wildman–Crippen LogP) is 3.58. The molecule has 2 rings (SSSR count). The molecular formula is C12H8ClFN2O3S. The Labute approximate surface area is 122 Å². The van der Waals surface area contributed by atoms with Gasteiger partial charge < -0.3 is 10.4 Å². The average molecular weight is 315 g/mol.